The van der Waals surface area contributed by atoms with Crippen molar-refractivity contribution in [3.05, 3.63) is 65.9 Å². The molecule has 1 aliphatic heterocycles. The number of hydrogen-bond acceptors (Lipinski definition) is 8. The third-order valence-electron chi connectivity index (χ3n) is 6.23. The topological polar surface area (TPSA) is 102 Å². The molecule has 40 heavy (non-hydrogen) atoms. The van der Waals surface area contributed by atoms with Crippen molar-refractivity contribution in [3.8, 4) is 22.7 Å². The van der Waals surface area contributed by atoms with Crippen LogP contribution in [0.3, 0.4) is 0 Å². The van der Waals surface area contributed by atoms with Crippen molar-refractivity contribution < 1.29 is 27.1 Å². The minimum Gasteiger partial charge on any atom is -0.444 e. The number of anilines is 1. The fraction of sp³-hybridized carbons (Fsp3) is 0.370. The van der Waals surface area contributed by atoms with Crippen molar-refractivity contribution in [2.75, 3.05) is 31.1 Å². The molecule has 0 spiro atoms. The third kappa shape index (κ3) is 6.24. The van der Waals surface area contributed by atoms with E-state index >= 15 is 0 Å². The van der Waals surface area contributed by atoms with Crippen molar-refractivity contribution in [1.82, 2.24) is 30.1 Å². The molecule has 0 unspecified atom stereocenters. The smallest absolute Gasteiger partial charge is 0.410 e. The van der Waals surface area contributed by atoms with Crippen LogP contribution in [-0.4, -0.2) is 68.0 Å². The number of ether oxygens (including phenoxy) is 1. The van der Waals surface area contributed by atoms with Crippen LogP contribution in [0.5, 0.6) is 0 Å². The number of aromatic nitrogens is 5. The molecule has 1 fully saturated rings. The molecular formula is C27H28F3N7O3. The van der Waals surface area contributed by atoms with Crippen LogP contribution in [0.1, 0.15) is 38.7 Å². The van der Waals surface area contributed by atoms with Gasteiger partial charge in [-0.05, 0) is 56.7 Å². The van der Waals surface area contributed by atoms with Crippen LogP contribution < -0.4 is 4.90 Å². The Morgan fingerprint density at radius 2 is 1.75 bits per heavy atom. The van der Waals surface area contributed by atoms with E-state index in [-0.39, 0.29) is 12.0 Å². The van der Waals surface area contributed by atoms with Crippen LogP contribution in [0.4, 0.5) is 23.7 Å². The molecule has 1 amide bonds. The highest BCUT2D eigenvalue weighted by molar-refractivity contribution is 5.69. The van der Waals surface area contributed by atoms with E-state index in [1.165, 1.54) is 6.07 Å². The molecule has 1 aliphatic rings. The number of nitrogens with zero attached hydrogens (tertiary/aromatic N) is 7. The molecule has 3 heterocycles. The van der Waals surface area contributed by atoms with E-state index in [9.17, 15) is 18.0 Å². The van der Waals surface area contributed by atoms with E-state index in [4.69, 9.17) is 9.15 Å². The molecule has 1 saturated heterocycles. The summed E-state index contributed by atoms with van der Waals surface area (Å²) in [7, 11) is 0. The van der Waals surface area contributed by atoms with Gasteiger partial charge >= 0.3 is 12.5 Å². The van der Waals surface area contributed by atoms with Gasteiger partial charge in [-0.15, -0.1) is 15.3 Å². The summed E-state index contributed by atoms with van der Waals surface area (Å²) >= 11 is 0. The summed E-state index contributed by atoms with van der Waals surface area (Å²) in [6.45, 7) is 8.01. The Morgan fingerprint density at radius 3 is 2.40 bits per heavy atom. The van der Waals surface area contributed by atoms with E-state index in [0.717, 1.165) is 11.3 Å². The molecule has 4 aromatic rings. The number of hydrogen-bond donors (Lipinski definition) is 0. The maximum atomic E-state index is 14.8. The molecular weight excluding hydrogens is 527 g/mol. The minimum atomic E-state index is -2.83. The zero-order valence-electron chi connectivity index (χ0n) is 22.2. The van der Waals surface area contributed by atoms with Gasteiger partial charge in [-0.2, -0.15) is 8.78 Å². The van der Waals surface area contributed by atoms with Gasteiger partial charge in [0.05, 0.1) is 12.7 Å². The second kappa shape index (κ2) is 11.0. The number of carbonyl (C=O) groups excluding carboxylic acids is 1. The molecule has 0 N–H and O–H groups in total. The Labute approximate surface area is 228 Å². The highest BCUT2D eigenvalue weighted by Gasteiger charge is 2.26. The predicted octanol–water partition coefficient (Wildman–Crippen LogP) is 5.18. The summed E-state index contributed by atoms with van der Waals surface area (Å²) in [4.78, 5) is 16.1. The molecule has 13 heteroatoms. The molecule has 210 valence electrons. The molecule has 0 bridgehead atoms. The quantitative estimate of drug-likeness (QED) is 0.321. The van der Waals surface area contributed by atoms with Crippen LogP contribution >= 0.6 is 0 Å². The highest BCUT2D eigenvalue weighted by atomic mass is 19.3. The van der Waals surface area contributed by atoms with Gasteiger partial charge in [-0.1, -0.05) is 17.3 Å². The van der Waals surface area contributed by atoms with Gasteiger partial charge < -0.3 is 19.0 Å². The lowest BCUT2D eigenvalue weighted by atomic mass is 10.1. The predicted molar refractivity (Wildman–Crippen MR) is 139 cm³/mol. The second-order valence-electron chi connectivity index (χ2n) is 10.4. The molecule has 0 atom stereocenters. The van der Waals surface area contributed by atoms with Gasteiger partial charge in [0.15, 0.2) is 0 Å². The number of benzene rings is 2. The summed E-state index contributed by atoms with van der Waals surface area (Å²) < 4.78 is 52.2. The Balaban J connectivity index is 1.23. The Morgan fingerprint density at radius 1 is 1.02 bits per heavy atom. The number of alkyl halides is 2. The lowest BCUT2D eigenvalue weighted by molar-refractivity contribution is 0.0240. The summed E-state index contributed by atoms with van der Waals surface area (Å²) in [5.41, 5.74) is 2.33. The van der Waals surface area contributed by atoms with E-state index in [1.807, 2.05) is 20.8 Å². The van der Waals surface area contributed by atoms with Crippen molar-refractivity contribution in [2.24, 2.45) is 0 Å². The fourth-order valence-corrected chi connectivity index (χ4v) is 4.26. The third-order valence-corrected chi connectivity index (χ3v) is 6.23. The zero-order valence-corrected chi connectivity index (χ0v) is 22.2. The van der Waals surface area contributed by atoms with Crippen LogP contribution in [0, 0.1) is 5.82 Å². The van der Waals surface area contributed by atoms with Gasteiger partial charge in [0.25, 0.3) is 5.89 Å². The summed E-state index contributed by atoms with van der Waals surface area (Å²) in [5.74, 6) is -1.14. The van der Waals surface area contributed by atoms with Gasteiger partial charge in [-0.25, -0.2) is 13.9 Å². The molecule has 5 rings (SSSR count). The first-order valence-corrected chi connectivity index (χ1v) is 12.7. The summed E-state index contributed by atoms with van der Waals surface area (Å²) in [5, 5.41) is 15.3. The van der Waals surface area contributed by atoms with Gasteiger partial charge in [-0.3, -0.25) is 0 Å². The number of carbonyl (C=O) groups is 1. The van der Waals surface area contributed by atoms with E-state index < -0.39 is 23.7 Å². The van der Waals surface area contributed by atoms with Crippen LogP contribution in [0.2, 0.25) is 0 Å². The largest absolute Gasteiger partial charge is 0.444 e. The van der Waals surface area contributed by atoms with Crippen molar-refractivity contribution in [2.45, 2.75) is 39.3 Å². The first-order chi connectivity index (χ1) is 19.1. The Kier molecular flexibility index (Phi) is 7.46. The molecule has 10 nitrogen and oxygen atoms in total. The zero-order chi connectivity index (χ0) is 28.4. The molecule has 0 saturated carbocycles. The van der Waals surface area contributed by atoms with Crippen LogP contribution in [-0.2, 0) is 11.3 Å². The monoisotopic (exact) mass is 555 g/mol. The van der Waals surface area contributed by atoms with Gasteiger partial charge in [0.1, 0.15) is 17.1 Å². The van der Waals surface area contributed by atoms with Crippen LogP contribution in [0.15, 0.2) is 53.1 Å². The Hall–Kier alpha value is -4.42. The van der Waals surface area contributed by atoms with E-state index in [2.05, 4.69) is 25.4 Å². The highest BCUT2D eigenvalue weighted by Crippen LogP contribution is 2.28. The van der Waals surface area contributed by atoms with Crippen LogP contribution in [0.25, 0.3) is 22.7 Å². The molecule has 0 aliphatic carbocycles. The maximum Gasteiger partial charge on any atom is 0.410 e. The first kappa shape index (κ1) is 27.2. The normalized spacial score (nSPS) is 14.2. The summed E-state index contributed by atoms with van der Waals surface area (Å²) in [6, 6.07) is 11.8. The Bertz CT molecular complexity index is 1470. The van der Waals surface area contributed by atoms with E-state index in [0.29, 0.717) is 49.5 Å². The van der Waals surface area contributed by atoms with Gasteiger partial charge in [0.2, 0.25) is 5.89 Å². The lowest BCUT2D eigenvalue weighted by Gasteiger charge is -2.36. The minimum absolute atomic E-state index is 0.00602. The number of piperazine rings is 1. The number of amides is 1. The fourth-order valence-electron chi connectivity index (χ4n) is 4.26. The standard InChI is InChI=1S/C27H28F3N7O3/c1-27(2,3)40-26(38)36-12-10-35(11-13-36)19-8-9-21(28)20(14-19)22-16-37(34-31-22)15-17-4-6-18(7-5-17)24-32-33-25(39-24)23(29)30/h4-9,14,16,23H,10-13,15H2,1-3H3. The van der Waals surface area contributed by atoms with E-state index in [1.54, 1.807) is 52.2 Å². The molecule has 2 aromatic carbocycles. The number of halogens is 3. The maximum absolute atomic E-state index is 14.8. The van der Waals surface area contributed by atoms with Crippen molar-refractivity contribution >= 4 is 11.8 Å². The van der Waals surface area contributed by atoms with Crippen molar-refractivity contribution in [1.29, 1.82) is 0 Å². The number of rotatable bonds is 6. The average molecular weight is 556 g/mol. The lowest BCUT2D eigenvalue weighted by Crippen LogP contribution is -2.50. The second-order valence-corrected chi connectivity index (χ2v) is 10.4. The van der Waals surface area contributed by atoms with Crippen molar-refractivity contribution in [3.63, 3.8) is 0 Å². The summed E-state index contributed by atoms with van der Waals surface area (Å²) in [6.07, 6.45) is -1.51. The molecule has 0 radical (unpaired) electrons. The average Bonchev–Trinajstić information content (AvgIpc) is 3.59. The molecule has 2 aromatic heterocycles. The first-order valence-electron chi connectivity index (χ1n) is 12.7. The van der Waals surface area contributed by atoms with Gasteiger partial charge in [0, 0.05) is 43.0 Å². The SMILES string of the molecule is CC(C)(C)OC(=O)N1CCN(c2ccc(F)c(-c3cn(Cc4ccc(-c5nnc(C(F)F)o5)cc4)nn3)c2)CC1.